The smallest absolute Gasteiger partial charge is 0.227 e. The first-order chi connectivity index (χ1) is 10.1. The van der Waals surface area contributed by atoms with Crippen molar-refractivity contribution in [1.82, 2.24) is 5.32 Å². The summed E-state index contributed by atoms with van der Waals surface area (Å²) in [5, 5.41) is 2.89. The van der Waals surface area contributed by atoms with Gasteiger partial charge in [0.15, 0.2) is 0 Å². The fraction of sp³-hybridized carbons (Fsp3) is 0.500. The van der Waals surface area contributed by atoms with Gasteiger partial charge in [-0.05, 0) is 38.4 Å². The molecule has 2 rings (SSSR count). The van der Waals surface area contributed by atoms with Gasteiger partial charge in [-0.2, -0.15) is 0 Å². The second-order valence-corrected chi connectivity index (χ2v) is 5.53. The highest BCUT2D eigenvalue weighted by Crippen LogP contribution is 2.25. The lowest BCUT2D eigenvalue weighted by atomic mass is 10.1. The van der Waals surface area contributed by atoms with Gasteiger partial charge >= 0.3 is 0 Å². The SMILES string of the molecule is Cc1ccc(N2CC(C(=O)NCCCCN)CC2=O)cc1.Cl. The van der Waals surface area contributed by atoms with E-state index in [9.17, 15) is 9.59 Å². The van der Waals surface area contributed by atoms with Crippen LogP contribution in [0.5, 0.6) is 0 Å². The molecule has 22 heavy (non-hydrogen) atoms. The Bertz CT molecular complexity index is 505. The van der Waals surface area contributed by atoms with Crippen molar-refractivity contribution in [3.8, 4) is 0 Å². The van der Waals surface area contributed by atoms with Gasteiger partial charge in [-0.25, -0.2) is 0 Å². The molecule has 122 valence electrons. The number of rotatable bonds is 6. The molecule has 1 aromatic carbocycles. The van der Waals surface area contributed by atoms with Gasteiger partial charge in [0, 0.05) is 25.2 Å². The van der Waals surface area contributed by atoms with Gasteiger partial charge in [-0.1, -0.05) is 17.7 Å². The summed E-state index contributed by atoms with van der Waals surface area (Å²) in [7, 11) is 0. The number of anilines is 1. The quantitative estimate of drug-likeness (QED) is 0.780. The van der Waals surface area contributed by atoms with Crippen molar-refractivity contribution in [2.45, 2.75) is 26.2 Å². The molecule has 6 heteroatoms. The lowest BCUT2D eigenvalue weighted by Crippen LogP contribution is -2.33. The molecule has 1 saturated heterocycles. The molecule has 1 fully saturated rings. The first-order valence-corrected chi connectivity index (χ1v) is 7.46. The Kier molecular flexibility index (Phi) is 7.35. The summed E-state index contributed by atoms with van der Waals surface area (Å²) in [5.74, 6) is -0.271. The highest BCUT2D eigenvalue weighted by atomic mass is 35.5. The predicted molar refractivity (Wildman–Crippen MR) is 90.2 cm³/mol. The van der Waals surface area contributed by atoms with Crippen molar-refractivity contribution in [2.75, 3.05) is 24.5 Å². The van der Waals surface area contributed by atoms with Crippen LogP contribution in [0.1, 0.15) is 24.8 Å². The first kappa shape index (κ1) is 18.5. The molecule has 0 aromatic heterocycles. The maximum absolute atomic E-state index is 12.1. The van der Waals surface area contributed by atoms with E-state index in [4.69, 9.17) is 5.73 Å². The third-order valence-electron chi connectivity index (χ3n) is 3.77. The Morgan fingerprint density at radius 2 is 2.00 bits per heavy atom. The van der Waals surface area contributed by atoms with E-state index in [0.717, 1.165) is 24.1 Å². The molecular formula is C16H24ClN3O2. The van der Waals surface area contributed by atoms with Crippen LogP contribution in [0.3, 0.4) is 0 Å². The van der Waals surface area contributed by atoms with E-state index >= 15 is 0 Å². The van der Waals surface area contributed by atoms with Gasteiger partial charge in [-0.3, -0.25) is 9.59 Å². The third kappa shape index (κ3) is 4.71. The molecule has 1 heterocycles. The number of nitrogens with two attached hydrogens (primary N) is 1. The number of hydrogen-bond acceptors (Lipinski definition) is 3. The predicted octanol–water partition coefficient (Wildman–Crippen LogP) is 1.62. The standard InChI is InChI=1S/C16H23N3O2.ClH/c1-12-4-6-14(7-5-12)19-11-13(10-15(19)20)16(21)18-9-3-2-8-17;/h4-7,13H,2-3,8-11,17H2,1H3,(H,18,21);1H. The van der Waals surface area contributed by atoms with Gasteiger partial charge in [0.2, 0.25) is 11.8 Å². The van der Waals surface area contributed by atoms with Crippen molar-refractivity contribution in [1.29, 1.82) is 0 Å². The Hall–Kier alpha value is -1.59. The molecule has 1 unspecified atom stereocenters. The minimum absolute atomic E-state index is 0. The van der Waals surface area contributed by atoms with E-state index in [-0.39, 0.29) is 36.6 Å². The Labute approximate surface area is 137 Å². The minimum atomic E-state index is -0.253. The monoisotopic (exact) mass is 325 g/mol. The number of unbranched alkanes of at least 4 members (excludes halogenated alkanes) is 1. The summed E-state index contributed by atoms with van der Waals surface area (Å²) in [4.78, 5) is 25.8. The zero-order chi connectivity index (χ0) is 15.2. The number of aryl methyl sites for hydroxylation is 1. The molecule has 5 nitrogen and oxygen atoms in total. The highest BCUT2D eigenvalue weighted by molar-refractivity contribution is 6.00. The van der Waals surface area contributed by atoms with Crippen LogP contribution in [0.15, 0.2) is 24.3 Å². The van der Waals surface area contributed by atoms with Crippen LogP contribution in [0.25, 0.3) is 0 Å². The van der Waals surface area contributed by atoms with Crippen molar-refractivity contribution in [3.63, 3.8) is 0 Å². The topological polar surface area (TPSA) is 75.4 Å². The maximum Gasteiger partial charge on any atom is 0.227 e. The molecule has 1 aliphatic rings. The normalized spacial score (nSPS) is 17.3. The lowest BCUT2D eigenvalue weighted by molar-refractivity contribution is -0.126. The molecule has 0 radical (unpaired) electrons. The Balaban J connectivity index is 0.00000242. The molecular weight excluding hydrogens is 302 g/mol. The molecule has 1 atom stereocenters. The fourth-order valence-electron chi connectivity index (χ4n) is 2.48. The number of carbonyl (C=O) groups is 2. The summed E-state index contributed by atoms with van der Waals surface area (Å²) in [6, 6.07) is 7.80. The van der Waals surface area contributed by atoms with E-state index in [1.165, 1.54) is 0 Å². The van der Waals surface area contributed by atoms with E-state index in [2.05, 4.69) is 5.32 Å². The van der Waals surface area contributed by atoms with Gasteiger partial charge in [0.25, 0.3) is 0 Å². The van der Waals surface area contributed by atoms with Crippen LogP contribution >= 0.6 is 12.4 Å². The van der Waals surface area contributed by atoms with E-state index in [1.807, 2.05) is 31.2 Å². The number of nitrogens with zero attached hydrogens (tertiary/aromatic N) is 1. The summed E-state index contributed by atoms with van der Waals surface area (Å²) in [6.07, 6.45) is 2.07. The Morgan fingerprint density at radius 1 is 1.32 bits per heavy atom. The number of carbonyl (C=O) groups excluding carboxylic acids is 2. The maximum atomic E-state index is 12.1. The lowest BCUT2D eigenvalue weighted by Gasteiger charge is -2.17. The van der Waals surface area contributed by atoms with Crippen LogP contribution in [-0.4, -0.2) is 31.4 Å². The summed E-state index contributed by atoms with van der Waals surface area (Å²) < 4.78 is 0. The molecule has 0 spiro atoms. The number of amides is 2. The summed E-state index contributed by atoms with van der Waals surface area (Å²) in [6.45, 7) is 3.74. The molecule has 3 N–H and O–H groups in total. The summed E-state index contributed by atoms with van der Waals surface area (Å²) >= 11 is 0. The largest absolute Gasteiger partial charge is 0.356 e. The average Bonchev–Trinajstić information content (AvgIpc) is 2.86. The van der Waals surface area contributed by atoms with Crippen LogP contribution < -0.4 is 16.0 Å². The molecule has 0 aliphatic carbocycles. The van der Waals surface area contributed by atoms with Crippen LogP contribution in [0, 0.1) is 12.8 Å². The van der Waals surface area contributed by atoms with Crippen molar-refractivity contribution in [2.24, 2.45) is 11.7 Å². The van der Waals surface area contributed by atoms with Crippen LogP contribution in [0.4, 0.5) is 5.69 Å². The van der Waals surface area contributed by atoms with Gasteiger partial charge < -0.3 is 16.0 Å². The molecule has 1 aliphatic heterocycles. The van der Waals surface area contributed by atoms with E-state index in [0.29, 0.717) is 19.6 Å². The molecule has 0 saturated carbocycles. The molecule has 2 amide bonds. The third-order valence-corrected chi connectivity index (χ3v) is 3.77. The number of nitrogens with one attached hydrogen (secondary N) is 1. The zero-order valence-electron chi connectivity index (χ0n) is 12.9. The van der Waals surface area contributed by atoms with Crippen molar-refractivity contribution < 1.29 is 9.59 Å². The summed E-state index contributed by atoms with van der Waals surface area (Å²) in [5.41, 5.74) is 7.43. The number of benzene rings is 1. The van der Waals surface area contributed by atoms with E-state index < -0.39 is 0 Å². The van der Waals surface area contributed by atoms with Crippen LogP contribution in [-0.2, 0) is 9.59 Å². The molecule has 1 aromatic rings. The fourth-order valence-corrected chi connectivity index (χ4v) is 2.48. The number of hydrogen-bond donors (Lipinski definition) is 2. The minimum Gasteiger partial charge on any atom is -0.356 e. The van der Waals surface area contributed by atoms with Crippen molar-refractivity contribution >= 4 is 29.9 Å². The van der Waals surface area contributed by atoms with E-state index in [1.54, 1.807) is 4.90 Å². The average molecular weight is 326 g/mol. The van der Waals surface area contributed by atoms with Gasteiger partial charge in [0.1, 0.15) is 0 Å². The second kappa shape index (κ2) is 8.76. The van der Waals surface area contributed by atoms with Gasteiger partial charge in [0.05, 0.1) is 5.92 Å². The second-order valence-electron chi connectivity index (χ2n) is 5.53. The van der Waals surface area contributed by atoms with Crippen LogP contribution in [0.2, 0.25) is 0 Å². The zero-order valence-corrected chi connectivity index (χ0v) is 13.7. The van der Waals surface area contributed by atoms with Gasteiger partial charge in [-0.15, -0.1) is 12.4 Å². The Morgan fingerprint density at radius 3 is 2.64 bits per heavy atom. The molecule has 0 bridgehead atoms. The first-order valence-electron chi connectivity index (χ1n) is 7.46. The number of halogens is 1. The highest BCUT2D eigenvalue weighted by Gasteiger charge is 2.34. The van der Waals surface area contributed by atoms with Crippen molar-refractivity contribution in [3.05, 3.63) is 29.8 Å².